The van der Waals surface area contributed by atoms with Crippen LogP contribution in [0.5, 0.6) is 11.5 Å². The second kappa shape index (κ2) is 5.87. The van der Waals surface area contributed by atoms with Crippen molar-refractivity contribution in [3.05, 3.63) is 36.7 Å². The summed E-state index contributed by atoms with van der Waals surface area (Å²) in [4.78, 5) is 11.3. The summed E-state index contributed by atoms with van der Waals surface area (Å²) < 4.78 is 13.3. The molecule has 1 N–H and O–H groups in total. The van der Waals surface area contributed by atoms with E-state index in [1.165, 1.54) is 0 Å². The Labute approximate surface area is 122 Å². The van der Waals surface area contributed by atoms with Gasteiger partial charge in [0.05, 0.1) is 18.4 Å². The van der Waals surface area contributed by atoms with E-state index < -0.39 is 0 Å². The SMILES string of the molecule is CCC(=O)Nc1cnn(C[C@@H]2COc3ccccc3O2)c1. The molecule has 0 aliphatic carbocycles. The molecule has 0 saturated heterocycles. The lowest BCUT2D eigenvalue weighted by atomic mass is 10.2. The summed E-state index contributed by atoms with van der Waals surface area (Å²) in [5.74, 6) is 1.49. The Kier molecular flexibility index (Phi) is 3.77. The topological polar surface area (TPSA) is 65.4 Å². The van der Waals surface area contributed by atoms with Crippen molar-refractivity contribution in [2.24, 2.45) is 0 Å². The first-order valence-electron chi connectivity index (χ1n) is 6.95. The predicted molar refractivity (Wildman–Crippen MR) is 77.5 cm³/mol. The molecule has 1 atom stereocenters. The number of fused-ring (bicyclic) bond motifs is 1. The maximum atomic E-state index is 11.3. The molecule has 21 heavy (non-hydrogen) atoms. The van der Waals surface area contributed by atoms with E-state index in [9.17, 15) is 4.79 Å². The number of benzene rings is 1. The van der Waals surface area contributed by atoms with Gasteiger partial charge in [-0.3, -0.25) is 9.48 Å². The highest BCUT2D eigenvalue weighted by molar-refractivity contribution is 5.90. The highest BCUT2D eigenvalue weighted by atomic mass is 16.6. The van der Waals surface area contributed by atoms with Crippen molar-refractivity contribution in [2.45, 2.75) is 26.0 Å². The summed E-state index contributed by atoms with van der Waals surface area (Å²) >= 11 is 0. The van der Waals surface area contributed by atoms with E-state index in [1.807, 2.05) is 31.2 Å². The maximum absolute atomic E-state index is 11.3. The molecule has 1 aromatic heterocycles. The van der Waals surface area contributed by atoms with Gasteiger partial charge in [0.1, 0.15) is 6.61 Å². The third-order valence-corrected chi connectivity index (χ3v) is 3.20. The molecule has 2 aromatic rings. The van der Waals surface area contributed by atoms with Crippen LogP contribution in [0.15, 0.2) is 36.7 Å². The van der Waals surface area contributed by atoms with E-state index in [0.29, 0.717) is 25.3 Å². The number of carbonyl (C=O) groups is 1. The van der Waals surface area contributed by atoms with E-state index in [-0.39, 0.29) is 12.0 Å². The van der Waals surface area contributed by atoms with E-state index >= 15 is 0 Å². The van der Waals surface area contributed by atoms with Crippen molar-refractivity contribution in [1.82, 2.24) is 9.78 Å². The fourth-order valence-corrected chi connectivity index (χ4v) is 2.14. The zero-order valence-corrected chi connectivity index (χ0v) is 11.8. The lowest BCUT2D eigenvalue weighted by molar-refractivity contribution is -0.115. The largest absolute Gasteiger partial charge is 0.486 e. The van der Waals surface area contributed by atoms with Crippen LogP contribution >= 0.6 is 0 Å². The van der Waals surface area contributed by atoms with Gasteiger partial charge in [0, 0.05) is 12.6 Å². The minimum absolute atomic E-state index is 0.0271. The normalized spacial score (nSPS) is 16.5. The number of para-hydroxylation sites is 2. The molecule has 1 aromatic carbocycles. The lowest BCUT2D eigenvalue weighted by Gasteiger charge is -2.26. The van der Waals surface area contributed by atoms with Crippen LogP contribution in [0.3, 0.4) is 0 Å². The zero-order chi connectivity index (χ0) is 14.7. The van der Waals surface area contributed by atoms with Crippen molar-refractivity contribution in [1.29, 1.82) is 0 Å². The number of nitrogens with zero attached hydrogens (tertiary/aromatic N) is 2. The average Bonchev–Trinajstić information content (AvgIpc) is 2.94. The second-order valence-corrected chi connectivity index (χ2v) is 4.85. The van der Waals surface area contributed by atoms with Crippen molar-refractivity contribution in [3.8, 4) is 11.5 Å². The van der Waals surface area contributed by atoms with Crippen molar-refractivity contribution in [3.63, 3.8) is 0 Å². The minimum Gasteiger partial charge on any atom is -0.486 e. The first-order valence-corrected chi connectivity index (χ1v) is 6.95. The number of nitrogens with one attached hydrogen (secondary N) is 1. The number of hydrogen-bond acceptors (Lipinski definition) is 4. The van der Waals surface area contributed by atoms with Crippen LogP contribution in [-0.2, 0) is 11.3 Å². The fraction of sp³-hybridized carbons (Fsp3) is 0.333. The summed E-state index contributed by atoms with van der Waals surface area (Å²) in [7, 11) is 0. The Bertz CT molecular complexity index is 639. The molecule has 2 heterocycles. The summed E-state index contributed by atoms with van der Waals surface area (Å²) in [6.07, 6.45) is 3.76. The maximum Gasteiger partial charge on any atom is 0.224 e. The van der Waals surface area contributed by atoms with E-state index in [2.05, 4.69) is 10.4 Å². The van der Waals surface area contributed by atoms with Gasteiger partial charge in [-0.05, 0) is 12.1 Å². The zero-order valence-electron chi connectivity index (χ0n) is 11.8. The monoisotopic (exact) mass is 287 g/mol. The van der Waals surface area contributed by atoms with E-state index in [4.69, 9.17) is 9.47 Å². The molecule has 3 rings (SSSR count). The van der Waals surface area contributed by atoms with Crippen LogP contribution in [0, 0.1) is 0 Å². The standard InChI is InChI=1S/C15H17N3O3/c1-2-15(19)17-11-7-16-18(8-11)9-12-10-20-13-5-3-4-6-14(13)21-12/h3-8,12H,2,9-10H2,1H3,(H,17,19)/t12-/m1/s1. The first-order chi connectivity index (χ1) is 10.2. The molecule has 1 amide bonds. The molecule has 6 heteroatoms. The molecule has 0 unspecified atom stereocenters. The Morgan fingerprint density at radius 2 is 2.24 bits per heavy atom. The second-order valence-electron chi connectivity index (χ2n) is 4.85. The summed E-state index contributed by atoms with van der Waals surface area (Å²) in [6, 6.07) is 7.60. The number of amides is 1. The quantitative estimate of drug-likeness (QED) is 0.935. The van der Waals surface area contributed by atoms with Gasteiger partial charge in [-0.2, -0.15) is 5.10 Å². The Morgan fingerprint density at radius 3 is 3.05 bits per heavy atom. The molecular weight excluding hydrogens is 270 g/mol. The van der Waals surface area contributed by atoms with Gasteiger partial charge in [-0.1, -0.05) is 19.1 Å². The molecule has 0 fully saturated rings. The van der Waals surface area contributed by atoms with E-state index in [1.54, 1.807) is 17.1 Å². The number of rotatable bonds is 4. The minimum atomic E-state index is -0.102. The number of hydrogen-bond donors (Lipinski definition) is 1. The van der Waals surface area contributed by atoms with Gasteiger partial charge in [-0.25, -0.2) is 0 Å². The van der Waals surface area contributed by atoms with Gasteiger partial charge in [0.15, 0.2) is 17.6 Å². The van der Waals surface area contributed by atoms with Crippen molar-refractivity contribution in [2.75, 3.05) is 11.9 Å². The predicted octanol–water partition coefficient (Wildman–Crippen LogP) is 2.07. The van der Waals surface area contributed by atoms with E-state index in [0.717, 1.165) is 11.5 Å². The van der Waals surface area contributed by atoms with Crippen LogP contribution in [0.1, 0.15) is 13.3 Å². The van der Waals surface area contributed by atoms with Gasteiger partial charge in [-0.15, -0.1) is 0 Å². The summed E-state index contributed by atoms with van der Waals surface area (Å²) in [5.41, 5.74) is 0.693. The van der Waals surface area contributed by atoms with Crippen LogP contribution in [0.25, 0.3) is 0 Å². The molecule has 0 saturated carbocycles. The molecule has 0 spiro atoms. The summed E-state index contributed by atoms with van der Waals surface area (Å²) in [6.45, 7) is 2.86. The fourth-order valence-electron chi connectivity index (χ4n) is 2.14. The van der Waals surface area contributed by atoms with Gasteiger partial charge in [0.2, 0.25) is 5.91 Å². The highest BCUT2D eigenvalue weighted by Crippen LogP contribution is 2.31. The number of ether oxygens (including phenoxy) is 2. The molecule has 6 nitrogen and oxygen atoms in total. The van der Waals surface area contributed by atoms with Crippen LogP contribution in [0.2, 0.25) is 0 Å². The number of aromatic nitrogens is 2. The molecule has 1 aliphatic rings. The van der Waals surface area contributed by atoms with Crippen LogP contribution in [-0.4, -0.2) is 28.4 Å². The summed E-state index contributed by atoms with van der Waals surface area (Å²) in [5, 5.41) is 6.99. The van der Waals surface area contributed by atoms with Gasteiger partial charge < -0.3 is 14.8 Å². The molecule has 0 bridgehead atoms. The molecular formula is C15H17N3O3. The van der Waals surface area contributed by atoms with Crippen LogP contribution < -0.4 is 14.8 Å². The highest BCUT2D eigenvalue weighted by Gasteiger charge is 2.21. The number of carbonyl (C=O) groups excluding carboxylic acids is 1. The van der Waals surface area contributed by atoms with Gasteiger partial charge >= 0.3 is 0 Å². The van der Waals surface area contributed by atoms with Crippen LogP contribution in [0.4, 0.5) is 5.69 Å². The molecule has 110 valence electrons. The Balaban J connectivity index is 1.62. The Morgan fingerprint density at radius 1 is 1.43 bits per heavy atom. The molecule has 0 radical (unpaired) electrons. The Hall–Kier alpha value is -2.50. The number of anilines is 1. The first kappa shape index (κ1) is 13.5. The van der Waals surface area contributed by atoms with Gasteiger partial charge in [0.25, 0.3) is 0 Å². The smallest absolute Gasteiger partial charge is 0.224 e. The van der Waals surface area contributed by atoms with Crippen molar-refractivity contribution < 1.29 is 14.3 Å². The lowest BCUT2D eigenvalue weighted by Crippen LogP contribution is -2.33. The van der Waals surface area contributed by atoms with Crippen molar-refractivity contribution >= 4 is 11.6 Å². The average molecular weight is 287 g/mol. The third-order valence-electron chi connectivity index (χ3n) is 3.20. The molecule has 1 aliphatic heterocycles. The third kappa shape index (κ3) is 3.16.